The van der Waals surface area contributed by atoms with E-state index in [2.05, 4.69) is 15.0 Å². The summed E-state index contributed by atoms with van der Waals surface area (Å²) < 4.78 is 48.8. The third kappa shape index (κ3) is 6.66. The molecule has 5 heterocycles. The normalized spacial score (nSPS) is 31.6. The van der Waals surface area contributed by atoms with Gasteiger partial charge in [-0.25, -0.2) is 15.0 Å². The third-order valence-electron chi connectivity index (χ3n) is 6.97. The molecule has 240 valence electrons. The van der Waals surface area contributed by atoms with Crippen molar-refractivity contribution in [2.45, 2.75) is 49.1 Å². The molecule has 5 rings (SSSR count). The van der Waals surface area contributed by atoms with Crippen LogP contribution in [0.15, 0.2) is 37.2 Å². The quantitative estimate of drug-likeness (QED) is 0.0754. The average Bonchev–Trinajstić information content (AvgIpc) is 3.61. The summed E-state index contributed by atoms with van der Waals surface area (Å²) in [7, 11) is -9.74. The fraction of sp³-hybridized carbons (Fsp3) is 0.500. The van der Waals surface area contributed by atoms with Crippen molar-refractivity contribution >= 4 is 38.1 Å². The average molecular weight is 662 g/mol. The van der Waals surface area contributed by atoms with Crippen LogP contribution < -0.4 is 16.0 Å². The number of fused-ring (bicyclic) bond motifs is 1. The summed E-state index contributed by atoms with van der Waals surface area (Å²) in [6.45, 7) is -1.55. The maximum absolute atomic E-state index is 12.6. The standard InChI is InChI=1S/C22H29N7O13P2/c23-18-13-20(26-7-25-18)29(8-27-13)22-17(33)15(31)12(42-22)6-40-44(37,38)9-43(35,36)39-5-11-14(30)16(32)21(41-11)28-3-1-2-10(4-28)19(24)34/h1-4,7-8,11-12,14-17,21-22,30-33H,5-6,9H2,(H5-,23,24,25,26,34,35,36,37,38)/p+1/t11-,12-,14-,15-,16-,17-,21-,22-/m1/s1. The number of carbonyl (C=O) groups is 1. The SMILES string of the molecule is NC(=O)c1ccc[n+]([C@@H]2O[C@H](COP(=O)(O)CP(=O)(O)OC[C@H]3O[C@@H](n4cnc5c(N)ncnc54)[C@H](O)[C@@H]3O)[C@@H](O)[C@H]2O)c1. The van der Waals surface area contributed by atoms with Crippen molar-refractivity contribution in [3.63, 3.8) is 0 Å². The van der Waals surface area contributed by atoms with Gasteiger partial charge in [0.2, 0.25) is 0 Å². The number of ether oxygens (including phenoxy) is 2. The maximum Gasteiger partial charge on any atom is 0.340 e. The number of nitrogens with two attached hydrogens (primary N) is 2. The fourth-order valence-corrected chi connectivity index (χ4v) is 7.97. The van der Waals surface area contributed by atoms with Crippen LogP contribution in [0.3, 0.4) is 0 Å². The first-order valence-corrected chi connectivity index (χ1v) is 16.4. The molecule has 0 spiro atoms. The molecule has 0 radical (unpaired) electrons. The number of hydrogen-bond acceptors (Lipinski definition) is 15. The molecule has 22 heteroatoms. The zero-order chi connectivity index (χ0) is 32.0. The number of primary amides is 1. The van der Waals surface area contributed by atoms with E-state index in [0.29, 0.717) is 0 Å². The summed E-state index contributed by atoms with van der Waals surface area (Å²) in [6, 6.07) is 2.87. The molecule has 0 aliphatic carbocycles. The summed E-state index contributed by atoms with van der Waals surface area (Å²) >= 11 is 0. The summed E-state index contributed by atoms with van der Waals surface area (Å²) in [5.74, 6) is -2.07. The van der Waals surface area contributed by atoms with E-state index < -0.39 is 89.3 Å². The Kier molecular flexibility index (Phi) is 9.16. The number of aliphatic hydroxyl groups excluding tert-OH is 4. The van der Waals surface area contributed by atoms with Gasteiger partial charge in [0.1, 0.15) is 47.9 Å². The summed E-state index contributed by atoms with van der Waals surface area (Å²) in [5, 5.41) is 41.8. The van der Waals surface area contributed by atoms with Gasteiger partial charge in [-0.05, 0) is 6.07 Å². The summed E-state index contributed by atoms with van der Waals surface area (Å²) in [5.41, 5.74) is 11.5. The molecule has 44 heavy (non-hydrogen) atoms. The van der Waals surface area contributed by atoms with Crippen LogP contribution in [0.25, 0.3) is 11.2 Å². The zero-order valence-electron chi connectivity index (χ0n) is 22.5. The highest BCUT2D eigenvalue weighted by Gasteiger charge is 2.50. The number of aliphatic hydroxyl groups is 4. The van der Waals surface area contributed by atoms with Crippen molar-refractivity contribution in [1.29, 1.82) is 0 Å². The van der Waals surface area contributed by atoms with Gasteiger partial charge in [-0.15, -0.1) is 0 Å². The number of rotatable bonds is 11. The van der Waals surface area contributed by atoms with Crippen LogP contribution in [0, 0.1) is 0 Å². The van der Waals surface area contributed by atoms with Gasteiger partial charge >= 0.3 is 15.2 Å². The summed E-state index contributed by atoms with van der Waals surface area (Å²) in [6.07, 6.45) is -6.32. The number of hydrogen-bond donors (Lipinski definition) is 8. The molecule has 0 bridgehead atoms. The molecular weight excluding hydrogens is 632 g/mol. The number of aromatic nitrogens is 5. The first-order chi connectivity index (χ1) is 20.7. The second kappa shape index (κ2) is 12.4. The highest BCUT2D eigenvalue weighted by molar-refractivity contribution is 7.70. The Morgan fingerprint density at radius 3 is 2.27 bits per heavy atom. The number of amides is 1. The van der Waals surface area contributed by atoms with Gasteiger partial charge in [0.05, 0.1) is 19.5 Å². The fourth-order valence-electron chi connectivity index (χ4n) is 4.75. The molecule has 1 amide bonds. The number of pyridine rings is 1. The van der Waals surface area contributed by atoms with Gasteiger partial charge in [0, 0.05) is 6.07 Å². The lowest BCUT2D eigenvalue weighted by Crippen LogP contribution is -2.46. The molecular formula is C22H30N7O13P2+. The minimum Gasteiger partial charge on any atom is -0.387 e. The molecule has 10 atom stereocenters. The molecule has 2 saturated heterocycles. The minimum atomic E-state index is -4.87. The highest BCUT2D eigenvalue weighted by Crippen LogP contribution is 2.58. The second-order valence-corrected chi connectivity index (χ2v) is 14.3. The molecule has 2 aliphatic heterocycles. The Balaban J connectivity index is 1.16. The van der Waals surface area contributed by atoms with E-state index >= 15 is 0 Å². The highest BCUT2D eigenvalue weighted by atomic mass is 31.2. The number of carbonyl (C=O) groups excluding carboxylic acids is 1. The predicted molar refractivity (Wildman–Crippen MR) is 143 cm³/mol. The van der Waals surface area contributed by atoms with Crippen LogP contribution in [0.2, 0.25) is 0 Å². The van der Waals surface area contributed by atoms with Crippen LogP contribution in [0.4, 0.5) is 5.82 Å². The van der Waals surface area contributed by atoms with Crippen LogP contribution in [-0.2, 0) is 27.7 Å². The van der Waals surface area contributed by atoms with E-state index in [9.17, 15) is 44.1 Å². The molecule has 2 fully saturated rings. The maximum atomic E-state index is 12.6. The van der Waals surface area contributed by atoms with Gasteiger partial charge < -0.3 is 60.2 Å². The van der Waals surface area contributed by atoms with E-state index in [-0.39, 0.29) is 22.5 Å². The van der Waals surface area contributed by atoms with E-state index in [0.717, 1.165) is 6.33 Å². The predicted octanol–water partition coefficient (Wildman–Crippen LogP) is -2.90. The van der Waals surface area contributed by atoms with Gasteiger partial charge in [-0.1, -0.05) is 0 Å². The van der Waals surface area contributed by atoms with Crippen molar-refractivity contribution in [3.8, 4) is 0 Å². The Labute approximate surface area is 247 Å². The van der Waals surface area contributed by atoms with Crippen molar-refractivity contribution in [2.24, 2.45) is 5.73 Å². The van der Waals surface area contributed by atoms with Gasteiger partial charge in [0.15, 0.2) is 42.1 Å². The number of imidazole rings is 1. The number of anilines is 1. The van der Waals surface area contributed by atoms with Crippen molar-refractivity contribution in [3.05, 3.63) is 42.7 Å². The van der Waals surface area contributed by atoms with Crippen molar-refractivity contribution in [1.82, 2.24) is 19.5 Å². The largest absolute Gasteiger partial charge is 0.387 e. The van der Waals surface area contributed by atoms with Crippen LogP contribution in [-0.4, -0.2) is 111 Å². The second-order valence-electron chi connectivity index (χ2n) is 10.1. The van der Waals surface area contributed by atoms with E-state index in [4.69, 9.17) is 30.0 Å². The molecule has 10 N–H and O–H groups in total. The molecule has 0 aromatic carbocycles. The molecule has 3 aromatic heterocycles. The Morgan fingerprint density at radius 2 is 1.61 bits per heavy atom. The first-order valence-electron chi connectivity index (χ1n) is 12.9. The van der Waals surface area contributed by atoms with Gasteiger partial charge in [0.25, 0.3) is 12.1 Å². The molecule has 2 aliphatic rings. The number of nitrogen functional groups attached to an aromatic ring is 1. The monoisotopic (exact) mass is 662 g/mol. The van der Waals surface area contributed by atoms with Crippen LogP contribution in [0.5, 0.6) is 0 Å². The number of nitrogens with zero attached hydrogens (tertiary/aromatic N) is 5. The summed E-state index contributed by atoms with van der Waals surface area (Å²) in [4.78, 5) is 43.8. The molecule has 0 saturated carbocycles. The lowest BCUT2D eigenvalue weighted by Gasteiger charge is -2.21. The van der Waals surface area contributed by atoms with Crippen molar-refractivity contribution in [2.75, 3.05) is 24.9 Å². The van der Waals surface area contributed by atoms with E-state index in [1.165, 1.54) is 40.0 Å². The lowest BCUT2D eigenvalue weighted by atomic mass is 10.1. The topological polar surface area (TPSA) is 309 Å². The van der Waals surface area contributed by atoms with Gasteiger partial charge in [-0.3, -0.25) is 18.5 Å². The van der Waals surface area contributed by atoms with Crippen LogP contribution in [0.1, 0.15) is 22.8 Å². The van der Waals surface area contributed by atoms with E-state index in [1.54, 1.807) is 0 Å². The minimum absolute atomic E-state index is 0.0671. The molecule has 3 aromatic rings. The molecule has 20 nitrogen and oxygen atoms in total. The molecule has 2 unspecified atom stereocenters. The Bertz CT molecular complexity index is 1630. The Morgan fingerprint density at radius 1 is 0.977 bits per heavy atom. The third-order valence-corrected chi connectivity index (χ3v) is 10.9. The van der Waals surface area contributed by atoms with Gasteiger partial charge in [-0.2, -0.15) is 4.57 Å². The van der Waals surface area contributed by atoms with E-state index in [1.807, 2.05) is 0 Å². The zero-order valence-corrected chi connectivity index (χ0v) is 24.3. The lowest BCUT2D eigenvalue weighted by molar-refractivity contribution is -0.765. The smallest absolute Gasteiger partial charge is 0.340 e. The Hall–Kier alpha value is -2.97. The van der Waals surface area contributed by atoms with Crippen molar-refractivity contribution < 1.29 is 67.2 Å². The first kappa shape index (κ1) is 32.4. The van der Waals surface area contributed by atoms with Crippen LogP contribution >= 0.6 is 15.2 Å².